The first-order chi connectivity index (χ1) is 8.20. The minimum atomic E-state index is -0.602. The molecule has 1 fully saturated rings. The van der Waals surface area contributed by atoms with Crippen LogP contribution in [0.25, 0.3) is 0 Å². The molecular formula is C11H12N2O4. The van der Waals surface area contributed by atoms with Crippen molar-refractivity contribution in [2.45, 2.75) is 32.0 Å². The molecule has 0 aromatic carbocycles. The van der Waals surface area contributed by atoms with E-state index in [0.717, 1.165) is 12.8 Å². The number of esters is 1. The van der Waals surface area contributed by atoms with Crippen LogP contribution in [-0.2, 0) is 9.47 Å². The standard InChI is InChI=1S/C11H12N2O4/c1-2-16-11(15)9-12-8-6-4-3-5(17-6)7(8)10(14)13-9/h5-6H,2-4H2,1H3,(H,12,13,14). The molecule has 2 aliphatic rings. The number of aromatic amines is 1. The Labute approximate surface area is 97.0 Å². The molecule has 3 heterocycles. The second-order valence-corrected chi connectivity index (χ2v) is 4.12. The van der Waals surface area contributed by atoms with E-state index in [-0.39, 0.29) is 30.2 Å². The molecule has 3 rings (SSSR count). The highest BCUT2D eigenvalue weighted by Crippen LogP contribution is 2.47. The fraction of sp³-hybridized carbons (Fsp3) is 0.545. The topological polar surface area (TPSA) is 81.3 Å². The second kappa shape index (κ2) is 3.66. The summed E-state index contributed by atoms with van der Waals surface area (Å²) in [6.07, 6.45) is 1.42. The molecule has 0 radical (unpaired) electrons. The van der Waals surface area contributed by atoms with Gasteiger partial charge in [-0.15, -0.1) is 0 Å². The Morgan fingerprint density at radius 2 is 2.29 bits per heavy atom. The minimum absolute atomic E-state index is 0.0354. The van der Waals surface area contributed by atoms with Crippen LogP contribution in [0.4, 0.5) is 0 Å². The van der Waals surface area contributed by atoms with E-state index < -0.39 is 5.97 Å². The van der Waals surface area contributed by atoms with E-state index in [2.05, 4.69) is 9.97 Å². The van der Waals surface area contributed by atoms with Gasteiger partial charge in [-0.25, -0.2) is 9.78 Å². The van der Waals surface area contributed by atoms with Gasteiger partial charge in [-0.05, 0) is 19.8 Å². The van der Waals surface area contributed by atoms with Gasteiger partial charge in [-0.2, -0.15) is 0 Å². The molecule has 2 atom stereocenters. The van der Waals surface area contributed by atoms with Crippen LogP contribution in [0, 0.1) is 0 Å². The Kier molecular flexibility index (Phi) is 2.25. The number of carbonyl (C=O) groups excluding carboxylic acids is 1. The smallest absolute Gasteiger partial charge is 0.374 e. The summed E-state index contributed by atoms with van der Waals surface area (Å²) >= 11 is 0. The summed E-state index contributed by atoms with van der Waals surface area (Å²) in [6, 6.07) is 0. The van der Waals surface area contributed by atoms with E-state index in [1.165, 1.54) is 0 Å². The Balaban J connectivity index is 2.06. The molecule has 6 nitrogen and oxygen atoms in total. The molecule has 2 aliphatic heterocycles. The molecule has 6 heteroatoms. The molecule has 1 saturated heterocycles. The Morgan fingerprint density at radius 1 is 1.53 bits per heavy atom. The summed E-state index contributed by atoms with van der Waals surface area (Å²) in [5.74, 6) is -0.637. The van der Waals surface area contributed by atoms with Gasteiger partial charge in [-0.1, -0.05) is 0 Å². The lowest BCUT2D eigenvalue weighted by atomic mass is 9.97. The van der Waals surface area contributed by atoms with Gasteiger partial charge in [0.25, 0.3) is 5.56 Å². The zero-order valence-corrected chi connectivity index (χ0v) is 9.36. The van der Waals surface area contributed by atoms with Gasteiger partial charge in [0, 0.05) is 0 Å². The lowest BCUT2D eigenvalue weighted by molar-refractivity contribution is 0.0510. The van der Waals surface area contributed by atoms with Crippen LogP contribution >= 0.6 is 0 Å². The quantitative estimate of drug-likeness (QED) is 0.770. The molecule has 17 heavy (non-hydrogen) atoms. The Hall–Kier alpha value is -1.69. The highest BCUT2D eigenvalue weighted by molar-refractivity contribution is 5.85. The number of H-pyrrole nitrogens is 1. The van der Waals surface area contributed by atoms with Crippen molar-refractivity contribution in [3.63, 3.8) is 0 Å². The van der Waals surface area contributed by atoms with Gasteiger partial charge in [0.05, 0.1) is 24.0 Å². The van der Waals surface area contributed by atoms with Crippen LogP contribution < -0.4 is 5.56 Å². The zero-order chi connectivity index (χ0) is 12.0. The number of hydrogen-bond donors (Lipinski definition) is 1. The number of aromatic nitrogens is 2. The van der Waals surface area contributed by atoms with Crippen LogP contribution in [0.2, 0.25) is 0 Å². The number of rotatable bonds is 2. The predicted molar refractivity (Wildman–Crippen MR) is 56.6 cm³/mol. The third kappa shape index (κ3) is 1.48. The molecule has 0 aliphatic carbocycles. The molecular weight excluding hydrogens is 224 g/mol. The largest absolute Gasteiger partial charge is 0.460 e. The third-order valence-electron chi connectivity index (χ3n) is 3.10. The maximum atomic E-state index is 11.8. The zero-order valence-electron chi connectivity index (χ0n) is 9.36. The van der Waals surface area contributed by atoms with Gasteiger partial charge in [0.15, 0.2) is 0 Å². The van der Waals surface area contributed by atoms with E-state index in [1.807, 2.05) is 0 Å². The summed E-state index contributed by atoms with van der Waals surface area (Å²) in [6.45, 7) is 1.95. The lowest BCUT2D eigenvalue weighted by Crippen LogP contribution is -2.24. The van der Waals surface area contributed by atoms with Crippen LogP contribution in [0.5, 0.6) is 0 Å². The van der Waals surface area contributed by atoms with Crippen molar-refractivity contribution < 1.29 is 14.3 Å². The average molecular weight is 236 g/mol. The van der Waals surface area contributed by atoms with Crippen molar-refractivity contribution >= 4 is 5.97 Å². The summed E-state index contributed by atoms with van der Waals surface area (Å²) < 4.78 is 10.4. The number of nitrogens with zero attached hydrogens (tertiary/aromatic N) is 1. The number of fused-ring (bicyclic) bond motifs is 5. The molecule has 2 bridgehead atoms. The Morgan fingerprint density at radius 3 is 3.06 bits per heavy atom. The first-order valence-corrected chi connectivity index (χ1v) is 5.67. The van der Waals surface area contributed by atoms with Crippen molar-refractivity contribution in [1.82, 2.24) is 9.97 Å². The first-order valence-electron chi connectivity index (χ1n) is 5.67. The molecule has 0 amide bonds. The van der Waals surface area contributed by atoms with E-state index >= 15 is 0 Å². The highest BCUT2D eigenvalue weighted by atomic mass is 16.5. The number of nitrogens with one attached hydrogen (secondary N) is 1. The van der Waals surface area contributed by atoms with E-state index in [4.69, 9.17) is 9.47 Å². The minimum Gasteiger partial charge on any atom is -0.460 e. The molecule has 0 saturated carbocycles. The monoisotopic (exact) mass is 236 g/mol. The summed E-state index contributed by atoms with van der Waals surface area (Å²) in [5.41, 5.74) is 0.896. The fourth-order valence-corrected chi connectivity index (χ4v) is 2.40. The summed E-state index contributed by atoms with van der Waals surface area (Å²) in [7, 11) is 0. The van der Waals surface area contributed by atoms with Crippen molar-refractivity contribution in [2.75, 3.05) is 6.61 Å². The van der Waals surface area contributed by atoms with Crippen molar-refractivity contribution in [1.29, 1.82) is 0 Å². The van der Waals surface area contributed by atoms with Crippen molar-refractivity contribution in [3.8, 4) is 0 Å². The van der Waals surface area contributed by atoms with Crippen molar-refractivity contribution in [3.05, 3.63) is 27.4 Å². The van der Waals surface area contributed by atoms with Gasteiger partial charge in [-0.3, -0.25) is 4.79 Å². The number of carbonyl (C=O) groups is 1. The molecule has 1 N–H and O–H groups in total. The normalized spacial score (nSPS) is 24.8. The fourth-order valence-electron chi connectivity index (χ4n) is 2.40. The highest BCUT2D eigenvalue weighted by Gasteiger charge is 2.42. The molecule has 1 aromatic rings. The van der Waals surface area contributed by atoms with Crippen LogP contribution in [0.1, 0.15) is 53.8 Å². The maximum Gasteiger partial charge on any atom is 0.374 e. The van der Waals surface area contributed by atoms with Crippen LogP contribution in [0.15, 0.2) is 4.79 Å². The lowest BCUT2D eigenvalue weighted by Gasteiger charge is -2.10. The maximum absolute atomic E-state index is 11.8. The van der Waals surface area contributed by atoms with E-state index in [0.29, 0.717) is 11.3 Å². The molecule has 1 aromatic heterocycles. The number of ether oxygens (including phenoxy) is 2. The molecule has 0 spiro atoms. The molecule has 2 unspecified atom stereocenters. The predicted octanol–water partition coefficient (Wildman–Crippen LogP) is 0.853. The van der Waals surface area contributed by atoms with E-state index in [9.17, 15) is 9.59 Å². The second-order valence-electron chi connectivity index (χ2n) is 4.12. The van der Waals surface area contributed by atoms with Gasteiger partial charge in [0.2, 0.25) is 5.82 Å². The first kappa shape index (κ1) is 10.5. The summed E-state index contributed by atoms with van der Waals surface area (Å²) in [4.78, 5) is 30.0. The van der Waals surface area contributed by atoms with Crippen LogP contribution in [-0.4, -0.2) is 22.5 Å². The SMILES string of the molecule is CCOC(=O)c1nc2c(c(=O)[nH]1)C1CCC2O1. The third-order valence-corrected chi connectivity index (χ3v) is 3.10. The number of hydrogen-bond acceptors (Lipinski definition) is 5. The van der Waals surface area contributed by atoms with Gasteiger partial charge >= 0.3 is 5.97 Å². The van der Waals surface area contributed by atoms with Crippen LogP contribution in [0.3, 0.4) is 0 Å². The van der Waals surface area contributed by atoms with E-state index in [1.54, 1.807) is 6.92 Å². The average Bonchev–Trinajstić information content (AvgIpc) is 2.90. The Bertz CT molecular complexity index is 537. The van der Waals surface area contributed by atoms with Gasteiger partial charge in [0.1, 0.15) is 6.10 Å². The van der Waals surface area contributed by atoms with Crippen molar-refractivity contribution in [2.24, 2.45) is 0 Å². The summed E-state index contributed by atoms with van der Waals surface area (Å²) in [5, 5.41) is 0. The van der Waals surface area contributed by atoms with Gasteiger partial charge < -0.3 is 14.5 Å². The molecule has 90 valence electrons.